The topological polar surface area (TPSA) is 34.6 Å². The van der Waals surface area contributed by atoms with Gasteiger partial charge in [-0.25, -0.2) is 4.58 Å². The molecule has 5 rings (SSSR count). The van der Waals surface area contributed by atoms with Crippen molar-refractivity contribution in [3.63, 3.8) is 0 Å². The van der Waals surface area contributed by atoms with Crippen LogP contribution in [0.2, 0.25) is 0 Å². The first-order chi connectivity index (χ1) is 12.4. The summed E-state index contributed by atoms with van der Waals surface area (Å²) in [6.45, 7) is 2.09. The molecule has 0 aliphatic carbocycles. The van der Waals surface area contributed by atoms with Gasteiger partial charge in [0.05, 0.1) is 11.8 Å². The molecule has 4 heteroatoms. The maximum atomic E-state index is 5.77. The van der Waals surface area contributed by atoms with Gasteiger partial charge < -0.3 is 13.9 Å². The predicted molar refractivity (Wildman–Crippen MR) is 93.5 cm³/mol. The third kappa shape index (κ3) is 2.50. The van der Waals surface area contributed by atoms with E-state index in [-0.39, 0.29) is 0 Å². The molecule has 0 saturated heterocycles. The zero-order valence-electron chi connectivity index (χ0n) is 13.8. The van der Waals surface area contributed by atoms with E-state index in [2.05, 4.69) is 41.0 Å². The molecule has 0 bridgehead atoms. The van der Waals surface area contributed by atoms with Gasteiger partial charge in [0.25, 0.3) is 5.71 Å². The first-order valence-electron chi connectivity index (χ1n) is 8.51. The minimum atomic E-state index is 0.294. The molecule has 0 radical (unpaired) electrons. The maximum absolute atomic E-state index is 5.77. The van der Waals surface area contributed by atoms with Crippen molar-refractivity contribution in [2.24, 2.45) is 0 Å². The molecule has 3 aromatic rings. The highest BCUT2D eigenvalue weighted by Crippen LogP contribution is 2.37. The summed E-state index contributed by atoms with van der Waals surface area (Å²) < 4.78 is 19.3. The van der Waals surface area contributed by atoms with E-state index in [9.17, 15) is 0 Å². The average molecular weight is 332 g/mol. The van der Waals surface area contributed by atoms with Gasteiger partial charge in [0.2, 0.25) is 6.79 Å². The normalized spacial score (nSPS) is 15.4. The third-order valence-electron chi connectivity index (χ3n) is 4.79. The van der Waals surface area contributed by atoms with E-state index in [4.69, 9.17) is 13.9 Å². The van der Waals surface area contributed by atoms with Crippen LogP contribution in [0.25, 0.3) is 0 Å². The number of furan rings is 1. The molecule has 0 N–H and O–H groups in total. The summed E-state index contributed by atoms with van der Waals surface area (Å²) in [6.07, 6.45) is 2.70. The second kappa shape index (κ2) is 5.81. The van der Waals surface area contributed by atoms with Gasteiger partial charge in [-0.05, 0) is 29.8 Å². The van der Waals surface area contributed by atoms with Crippen LogP contribution < -0.4 is 9.47 Å². The Hall–Kier alpha value is -3.01. The van der Waals surface area contributed by atoms with Crippen molar-refractivity contribution in [1.82, 2.24) is 0 Å². The van der Waals surface area contributed by atoms with E-state index < -0.39 is 0 Å². The summed E-state index contributed by atoms with van der Waals surface area (Å²) >= 11 is 0. The summed E-state index contributed by atoms with van der Waals surface area (Å²) in [4.78, 5) is 0. The molecule has 3 heterocycles. The number of nitrogens with zero attached hydrogens (tertiary/aromatic N) is 1. The van der Waals surface area contributed by atoms with Gasteiger partial charge in [-0.3, -0.25) is 0 Å². The van der Waals surface area contributed by atoms with Crippen LogP contribution >= 0.6 is 0 Å². The summed E-state index contributed by atoms with van der Waals surface area (Å²) in [5.41, 5.74) is 4.85. The molecule has 25 heavy (non-hydrogen) atoms. The number of benzene rings is 2. The lowest BCUT2D eigenvalue weighted by Crippen LogP contribution is -2.30. The van der Waals surface area contributed by atoms with Crippen molar-refractivity contribution in [3.8, 4) is 11.5 Å². The van der Waals surface area contributed by atoms with Crippen molar-refractivity contribution >= 4 is 5.71 Å². The lowest BCUT2D eigenvalue weighted by Gasteiger charge is -2.18. The summed E-state index contributed by atoms with van der Waals surface area (Å²) in [7, 11) is 0. The Morgan fingerprint density at radius 2 is 1.76 bits per heavy atom. The van der Waals surface area contributed by atoms with E-state index in [1.165, 1.54) is 16.7 Å². The standard InChI is InChI=1S/C21H18NO3/c1-2-5-15(6-3-1)13-22-9-8-16-11-19-20(25-14-24-19)12-17(16)21(22)18-7-4-10-23-18/h1-7,10-12H,8-9,13-14H2/q+1. The number of hydrogen-bond donors (Lipinski definition) is 0. The Labute approximate surface area is 145 Å². The monoisotopic (exact) mass is 332 g/mol. The first-order valence-corrected chi connectivity index (χ1v) is 8.51. The highest BCUT2D eigenvalue weighted by atomic mass is 16.7. The number of fused-ring (bicyclic) bond motifs is 2. The van der Waals surface area contributed by atoms with Gasteiger partial charge in [-0.1, -0.05) is 30.3 Å². The van der Waals surface area contributed by atoms with Crippen molar-refractivity contribution in [2.75, 3.05) is 13.3 Å². The molecule has 0 spiro atoms. The molecule has 0 saturated carbocycles. The first kappa shape index (κ1) is 14.3. The molecule has 0 fully saturated rings. The van der Waals surface area contributed by atoms with Crippen LogP contribution in [0.1, 0.15) is 22.5 Å². The van der Waals surface area contributed by atoms with E-state index >= 15 is 0 Å². The van der Waals surface area contributed by atoms with Gasteiger partial charge in [0.15, 0.2) is 23.8 Å². The molecular weight excluding hydrogens is 314 g/mol. The molecule has 2 aromatic carbocycles. The molecule has 0 atom stereocenters. The smallest absolute Gasteiger partial charge is 0.250 e. The fraction of sp³-hybridized carbons (Fsp3) is 0.190. The van der Waals surface area contributed by atoms with Crippen LogP contribution in [0.4, 0.5) is 0 Å². The molecule has 0 amide bonds. The van der Waals surface area contributed by atoms with E-state index in [1.807, 2.05) is 18.2 Å². The summed E-state index contributed by atoms with van der Waals surface area (Å²) in [6, 6.07) is 18.7. The van der Waals surface area contributed by atoms with Crippen molar-refractivity contribution in [2.45, 2.75) is 13.0 Å². The maximum Gasteiger partial charge on any atom is 0.250 e. The van der Waals surface area contributed by atoms with Gasteiger partial charge in [-0.2, -0.15) is 0 Å². The van der Waals surface area contributed by atoms with E-state index in [0.29, 0.717) is 6.79 Å². The molecule has 1 aromatic heterocycles. The predicted octanol–water partition coefficient (Wildman–Crippen LogP) is 3.61. The average Bonchev–Trinajstić information content (AvgIpc) is 3.32. The minimum absolute atomic E-state index is 0.294. The van der Waals surface area contributed by atoms with Crippen molar-refractivity contribution in [3.05, 3.63) is 83.3 Å². The Morgan fingerprint density at radius 1 is 0.920 bits per heavy atom. The van der Waals surface area contributed by atoms with Crippen LogP contribution in [0.15, 0.2) is 65.3 Å². The number of hydrogen-bond acceptors (Lipinski definition) is 3. The molecule has 2 aliphatic rings. The largest absolute Gasteiger partial charge is 0.458 e. The van der Waals surface area contributed by atoms with Crippen LogP contribution in [0, 0.1) is 0 Å². The SMILES string of the molecule is c1ccc(C[N+]2=C(c3ccco3)c3cc4c(cc3CC2)OCO4)cc1. The highest BCUT2D eigenvalue weighted by Gasteiger charge is 2.32. The molecule has 124 valence electrons. The Bertz CT molecular complexity index is 943. The fourth-order valence-electron chi connectivity index (χ4n) is 3.61. The molecule has 0 unspecified atom stereocenters. The van der Waals surface area contributed by atoms with Gasteiger partial charge in [0.1, 0.15) is 6.54 Å². The van der Waals surface area contributed by atoms with Gasteiger partial charge in [0, 0.05) is 12.0 Å². The van der Waals surface area contributed by atoms with Crippen molar-refractivity contribution in [1.29, 1.82) is 0 Å². The quantitative estimate of drug-likeness (QED) is 0.687. The van der Waals surface area contributed by atoms with Crippen LogP contribution in [-0.4, -0.2) is 23.6 Å². The molecular formula is C21H18NO3+. The van der Waals surface area contributed by atoms with Gasteiger partial charge >= 0.3 is 0 Å². The Balaban J connectivity index is 1.67. The lowest BCUT2D eigenvalue weighted by atomic mass is 9.94. The Kier molecular flexibility index (Phi) is 3.33. The van der Waals surface area contributed by atoms with E-state index in [1.54, 1.807) is 6.26 Å². The summed E-state index contributed by atoms with van der Waals surface area (Å²) in [5.74, 6) is 2.54. The zero-order valence-corrected chi connectivity index (χ0v) is 13.8. The van der Waals surface area contributed by atoms with Crippen LogP contribution in [-0.2, 0) is 13.0 Å². The fourth-order valence-corrected chi connectivity index (χ4v) is 3.61. The molecule has 2 aliphatic heterocycles. The van der Waals surface area contributed by atoms with Crippen molar-refractivity contribution < 1.29 is 18.5 Å². The van der Waals surface area contributed by atoms with Crippen LogP contribution in [0.3, 0.4) is 0 Å². The van der Waals surface area contributed by atoms with E-state index in [0.717, 1.165) is 42.5 Å². The Morgan fingerprint density at radius 3 is 2.56 bits per heavy atom. The van der Waals surface area contributed by atoms with Gasteiger partial charge in [-0.15, -0.1) is 0 Å². The number of rotatable bonds is 3. The summed E-state index contributed by atoms with van der Waals surface area (Å²) in [5, 5.41) is 0. The lowest BCUT2D eigenvalue weighted by molar-refractivity contribution is -0.544. The third-order valence-corrected chi connectivity index (χ3v) is 4.79. The van der Waals surface area contributed by atoms with Crippen LogP contribution in [0.5, 0.6) is 11.5 Å². The minimum Gasteiger partial charge on any atom is -0.458 e. The number of ether oxygens (including phenoxy) is 2. The molecule has 4 nitrogen and oxygen atoms in total. The second-order valence-corrected chi connectivity index (χ2v) is 6.35. The highest BCUT2D eigenvalue weighted by molar-refractivity contribution is 6.09. The second-order valence-electron chi connectivity index (χ2n) is 6.35. The zero-order chi connectivity index (χ0) is 16.6.